The highest BCUT2D eigenvalue weighted by atomic mass is 29.2. The first-order valence-electron chi connectivity index (χ1n) is 7.79. The SMILES string of the molecule is CC([SiH](O[SiH3])[SiH2]O[SiH](C)C)C(F)(F)C(F)(F)C(F)(F)C(F)(F)F.C[SiH2]O[SiH3]. The third-order valence-electron chi connectivity index (χ3n) is 3.48. The zero-order valence-electron chi connectivity index (χ0n) is 15.8. The highest BCUT2D eigenvalue weighted by Gasteiger charge is 2.82. The molecule has 2 unspecified atom stereocenters. The lowest BCUT2D eigenvalue weighted by Crippen LogP contribution is -2.63. The van der Waals surface area contributed by atoms with Crippen molar-refractivity contribution in [2.75, 3.05) is 0 Å². The molecule has 0 aliphatic rings. The molecule has 0 fully saturated rings. The van der Waals surface area contributed by atoms with E-state index in [0.717, 1.165) is 10.5 Å². The lowest BCUT2D eigenvalue weighted by molar-refractivity contribution is -0.396. The van der Waals surface area contributed by atoms with Gasteiger partial charge >= 0.3 is 23.9 Å². The van der Waals surface area contributed by atoms with E-state index in [0.29, 0.717) is 6.92 Å². The summed E-state index contributed by atoms with van der Waals surface area (Å²) in [5.74, 6) is -19.0. The second-order valence-corrected chi connectivity index (χ2v) is 19.8. The smallest absolute Gasteiger partial charge is 0.460 e. The summed E-state index contributed by atoms with van der Waals surface area (Å²) in [6.45, 7) is 6.02. The van der Waals surface area contributed by atoms with Gasteiger partial charge in [-0.3, -0.25) is 0 Å². The number of halogens is 9. The quantitative estimate of drug-likeness (QED) is 0.313. The van der Waals surface area contributed by atoms with E-state index in [9.17, 15) is 39.5 Å². The van der Waals surface area contributed by atoms with Gasteiger partial charge < -0.3 is 12.3 Å². The fraction of sp³-hybridized carbons (Fsp3) is 1.00. The van der Waals surface area contributed by atoms with Crippen LogP contribution in [0.15, 0.2) is 0 Å². The molecule has 0 aromatic rings. The summed E-state index contributed by atoms with van der Waals surface area (Å²) in [4.78, 5) is 0. The zero-order valence-corrected chi connectivity index (χ0v) is 24.9. The molecule has 166 valence electrons. The van der Waals surface area contributed by atoms with E-state index in [1.807, 2.05) is 0 Å². The summed E-state index contributed by atoms with van der Waals surface area (Å²) < 4.78 is 131. The van der Waals surface area contributed by atoms with E-state index in [4.69, 9.17) is 12.3 Å². The molecule has 0 N–H and O–H groups in total. The van der Waals surface area contributed by atoms with Crippen LogP contribution in [0.25, 0.3) is 0 Å². The highest BCUT2D eigenvalue weighted by Crippen LogP contribution is 2.56. The molecule has 0 aromatic carbocycles. The van der Waals surface area contributed by atoms with E-state index in [1.54, 1.807) is 13.1 Å². The average molecular weight is 521 g/mol. The fourth-order valence-electron chi connectivity index (χ4n) is 1.61. The van der Waals surface area contributed by atoms with Gasteiger partial charge in [-0.1, -0.05) is 13.5 Å². The van der Waals surface area contributed by atoms with Gasteiger partial charge in [-0.25, -0.2) is 0 Å². The van der Waals surface area contributed by atoms with E-state index in [2.05, 4.69) is 6.55 Å². The van der Waals surface area contributed by atoms with E-state index in [-0.39, 0.29) is 20.2 Å². The van der Waals surface area contributed by atoms with Crippen LogP contribution in [-0.2, 0) is 12.3 Å². The maximum Gasteiger partial charge on any atom is 0.460 e. The van der Waals surface area contributed by atoms with Crippen molar-refractivity contribution in [1.29, 1.82) is 0 Å². The van der Waals surface area contributed by atoms with Gasteiger partial charge in [0, 0.05) is 5.54 Å². The largest absolute Gasteiger partial charge is 0.468 e. The molecule has 0 aliphatic heterocycles. The van der Waals surface area contributed by atoms with Crippen LogP contribution in [0.1, 0.15) is 6.92 Å². The molecule has 0 saturated heterocycles. The Morgan fingerprint density at radius 3 is 1.56 bits per heavy atom. The minimum atomic E-state index is -6.85. The third kappa shape index (κ3) is 7.71. The van der Waals surface area contributed by atoms with E-state index in [1.165, 1.54) is 0 Å². The van der Waals surface area contributed by atoms with Gasteiger partial charge in [-0.2, -0.15) is 39.5 Å². The summed E-state index contributed by atoms with van der Waals surface area (Å²) in [6, 6.07) is 0. The summed E-state index contributed by atoms with van der Waals surface area (Å²) >= 11 is 0. The highest BCUT2D eigenvalue weighted by molar-refractivity contribution is 7.09. The molecule has 2 atom stereocenters. The van der Waals surface area contributed by atoms with Crippen LogP contribution < -0.4 is 0 Å². The van der Waals surface area contributed by atoms with Crippen LogP contribution in [0.2, 0.25) is 25.2 Å². The fourth-order valence-corrected chi connectivity index (χ4v) is 15.2. The van der Waals surface area contributed by atoms with Crippen LogP contribution in [0.5, 0.6) is 0 Å². The molecule has 0 aromatic heterocycles. The van der Waals surface area contributed by atoms with Gasteiger partial charge in [-0.05, 0) is 13.1 Å². The molecule has 18 heteroatoms. The predicted octanol–water partition coefficient (Wildman–Crippen LogP) is -0.139. The van der Waals surface area contributed by atoms with Gasteiger partial charge in [0.05, 0.1) is 0 Å². The maximum atomic E-state index is 13.8. The molecule has 0 heterocycles. The average Bonchev–Trinajstić information content (AvgIpc) is 2.53. The van der Waals surface area contributed by atoms with Gasteiger partial charge in [0.1, 0.15) is 30.7 Å². The van der Waals surface area contributed by atoms with Gasteiger partial charge in [-0.15, -0.1) is 0 Å². The van der Waals surface area contributed by atoms with Crippen molar-refractivity contribution in [1.82, 2.24) is 0 Å². The number of hydrogen-bond donors (Lipinski definition) is 0. The Morgan fingerprint density at radius 2 is 1.30 bits per heavy atom. The van der Waals surface area contributed by atoms with Crippen LogP contribution in [-0.4, -0.2) is 81.6 Å². The van der Waals surface area contributed by atoms with Crippen molar-refractivity contribution in [3.8, 4) is 0 Å². The normalized spacial score (nSPS) is 17.1. The van der Waals surface area contributed by atoms with Crippen molar-refractivity contribution in [3.63, 3.8) is 0 Å². The first kappa shape index (κ1) is 29.8. The van der Waals surface area contributed by atoms with Gasteiger partial charge in [0.25, 0.3) is 0 Å². The monoisotopic (exact) mass is 520 g/mol. The Morgan fingerprint density at radius 1 is 0.889 bits per heavy atom. The third-order valence-corrected chi connectivity index (χ3v) is 21.4. The molecule has 0 bridgehead atoms. The number of alkyl halides is 9. The number of hydrogen-bond acceptors (Lipinski definition) is 3. The Hall–Kier alpha value is 0.551. The molecule has 0 saturated carbocycles. The van der Waals surface area contributed by atoms with Crippen molar-refractivity contribution < 1.29 is 51.9 Å². The van der Waals surface area contributed by atoms with Crippen LogP contribution in [0.3, 0.4) is 0 Å². The maximum absolute atomic E-state index is 13.8. The minimum Gasteiger partial charge on any atom is -0.468 e. The van der Waals surface area contributed by atoms with Crippen molar-refractivity contribution in [2.45, 2.75) is 56.0 Å². The lowest BCUT2D eigenvalue weighted by atomic mass is 10.0. The lowest BCUT2D eigenvalue weighted by Gasteiger charge is -2.38. The molecule has 0 rings (SSSR count). The molecule has 0 amide bonds. The number of rotatable bonds is 9. The topological polar surface area (TPSA) is 27.7 Å². The second kappa shape index (κ2) is 11.7. The van der Waals surface area contributed by atoms with Crippen LogP contribution >= 0.6 is 0 Å². The summed E-state index contributed by atoms with van der Waals surface area (Å²) in [6.07, 6.45) is -6.79. The Labute approximate surface area is 165 Å². The molecule has 0 aliphatic carbocycles. The van der Waals surface area contributed by atoms with Crippen molar-refractivity contribution in [3.05, 3.63) is 0 Å². The summed E-state index contributed by atoms with van der Waals surface area (Å²) in [7, 11) is -5.80. The summed E-state index contributed by atoms with van der Waals surface area (Å²) in [5, 5.41) is 0. The molecular formula is C9H25F9O3Si6. The minimum absolute atomic E-state index is 0.0139. The first-order valence-corrected chi connectivity index (χ1v) is 19.2. The zero-order chi connectivity index (χ0) is 22.3. The van der Waals surface area contributed by atoms with Crippen LogP contribution in [0.4, 0.5) is 39.5 Å². The standard InChI is InChI=1S/C8H17F9O2Si4.CH8OSi2/c1-4(23(18-20)21-19-22(2)3)5(9,10)6(11,12)7(13,14)8(15,16)17;1-4-2-3/h4,22-23H,21H2,1-3,20H3;4H2,1,3H3. The van der Waals surface area contributed by atoms with Crippen molar-refractivity contribution in [2.24, 2.45) is 0 Å². The van der Waals surface area contributed by atoms with Crippen LogP contribution in [0, 0.1) is 0 Å². The van der Waals surface area contributed by atoms with E-state index < -0.39 is 56.4 Å². The van der Waals surface area contributed by atoms with Gasteiger partial charge in [0.15, 0.2) is 26.9 Å². The Kier molecular flexibility index (Phi) is 12.9. The van der Waals surface area contributed by atoms with E-state index >= 15 is 0 Å². The predicted molar refractivity (Wildman–Crippen MR) is 102 cm³/mol. The Balaban J connectivity index is 0. The molecule has 3 nitrogen and oxygen atoms in total. The van der Waals surface area contributed by atoms with Gasteiger partial charge in [0.2, 0.25) is 0 Å². The molecule has 0 spiro atoms. The Bertz CT molecular complexity index is 424. The molecular weight excluding hydrogens is 496 g/mol. The summed E-state index contributed by atoms with van der Waals surface area (Å²) in [5.41, 5.74) is -2.41. The molecule has 0 radical (unpaired) electrons. The van der Waals surface area contributed by atoms with Crippen molar-refractivity contribution >= 4 is 57.6 Å². The molecule has 27 heavy (non-hydrogen) atoms. The second-order valence-electron chi connectivity index (χ2n) is 5.79. The first-order chi connectivity index (χ1) is 12.0.